The third-order valence-corrected chi connectivity index (χ3v) is 5.58. The average Bonchev–Trinajstić information content (AvgIpc) is 2.42. The number of anilines is 1. The Morgan fingerprint density at radius 2 is 1.68 bits per heavy atom. The molecule has 118 valence electrons. The second-order valence-corrected chi connectivity index (χ2v) is 8.69. The Balaban J connectivity index is 2.28. The molecule has 0 aliphatic rings. The van der Waals surface area contributed by atoms with E-state index in [1.54, 1.807) is 18.2 Å². The Bertz CT molecular complexity index is 784. The van der Waals surface area contributed by atoms with Gasteiger partial charge in [0.2, 0.25) is 0 Å². The van der Waals surface area contributed by atoms with Gasteiger partial charge >= 0.3 is 0 Å². The van der Waals surface area contributed by atoms with Crippen LogP contribution in [0.15, 0.2) is 45.9 Å². The zero-order valence-electron chi connectivity index (χ0n) is 12.4. The van der Waals surface area contributed by atoms with E-state index in [0.717, 1.165) is 5.56 Å². The molecule has 4 nitrogen and oxygen atoms in total. The molecule has 22 heavy (non-hydrogen) atoms. The van der Waals surface area contributed by atoms with Gasteiger partial charge in [0.25, 0.3) is 10.0 Å². The maximum Gasteiger partial charge on any atom is 0.263 e. The van der Waals surface area contributed by atoms with Crippen molar-refractivity contribution in [2.24, 2.45) is 0 Å². The molecule has 1 heterocycles. The summed E-state index contributed by atoms with van der Waals surface area (Å²) in [4.78, 5) is 4.22. The SMILES string of the molecule is CC(C)(C)c1ccc(S(=O)(=O)Nc2ccc(Cl)c(Br)n2)cc1. The molecule has 7 heteroatoms. The minimum absolute atomic E-state index is 0.0294. The van der Waals surface area contributed by atoms with Gasteiger partial charge in [-0.2, -0.15) is 0 Å². The molecule has 0 bridgehead atoms. The predicted molar refractivity (Wildman–Crippen MR) is 92.9 cm³/mol. The molecule has 0 saturated carbocycles. The minimum Gasteiger partial charge on any atom is -0.263 e. The molecule has 2 rings (SSSR count). The largest absolute Gasteiger partial charge is 0.263 e. The first-order valence-electron chi connectivity index (χ1n) is 6.55. The van der Waals surface area contributed by atoms with Crippen molar-refractivity contribution in [2.45, 2.75) is 31.1 Å². The van der Waals surface area contributed by atoms with Gasteiger partial charge in [-0.1, -0.05) is 44.5 Å². The number of nitrogens with one attached hydrogen (secondary N) is 1. The number of aromatic nitrogens is 1. The number of nitrogens with zero attached hydrogens (tertiary/aromatic N) is 1. The summed E-state index contributed by atoms with van der Waals surface area (Å²) in [6.07, 6.45) is 0. The summed E-state index contributed by atoms with van der Waals surface area (Å²) in [6, 6.07) is 9.90. The standard InChI is InChI=1S/C15H16BrClN2O2S/c1-15(2,3)10-4-6-11(7-5-10)22(20,21)19-13-9-8-12(17)14(16)18-13/h4-9H,1-3H3,(H,18,19). The fraction of sp³-hybridized carbons (Fsp3) is 0.267. The highest BCUT2D eigenvalue weighted by atomic mass is 79.9. The summed E-state index contributed by atoms with van der Waals surface area (Å²) in [5.74, 6) is 0.205. The maximum absolute atomic E-state index is 12.4. The predicted octanol–water partition coefficient (Wildman–Crippen LogP) is 4.60. The molecule has 1 aromatic carbocycles. The van der Waals surface area contributed by atoms with Gasteiger partial charge in [-0.05, 0) is 51.2 Å². The molecular formula is C15H16BrClN2O2S. The highest BCUT2D eigenvalue weighted by Gasteiger charge is 2.18. The van der Waals surface area contributed by atoms with Crippen LogP contribution in [0.25, 0.3) is 0 Å². The molecule has 0 unspecified atom stereocenters. The quantitative estimate of drug-likeness (QED) is 0.762. The molecule has 1 aromatic heterocycles. The number of benzene rings is 1. The lowest BCUT2D eigenvalue weighted by Gasteiger charge is -2.19. The van der Waals surface area contributed by atoms with E-state index < -0.39 is 10.0 Å². The Hall–Kier alpha value is -1.11. The van der Waals surface area contributed by atoms with Crippen molar-refractivity contribution < 1.29 is 8.42 Å². The van der Waals surface area contributed by atoms with Crippen molar-refractivity contribution >= 4 is 43.4 Å². The van der Waals surface area contributed by atoms with Gasteiger partial charge in [-0.3, -0.25) is 4.72 Å². The fourth-order valence-corrected chi connectivity index (χ4v) is 3.23. The Morgan fingerprint density at radius 3 is 2.18 bits per heavy atom. The summed E-state index contributed by atoms with van der Waals surface area (Å²) in [7, 11) is -3.68. The van der Waals surface area contributed by atoms with Crippen LogP contribution < -0.4 is 4.72 Å². The third kappa shape index (κ3) is 4.00. The van der Waals surface area contributed by atoms with Crippen LogP contribution in [0.2, 0.25) is 5.02 Å². The van der Waals surface area contributed by atoms with Gasteiger partial charge in [0.15, 0.2) is 0 Å². The molecule has 0 atom stereocenters. The second kappa shape index (κ2) is 6.18. The van der Waals surface area contributed by atoms with E-state index in [9.17, 15) is 8.42 Å². The van der Waals surface area contributed by atoms with E-state index in [1.807, 2.05) is 12.1 Å². The van der Waals surface area contributed by atoms with Crippen LogP contribution in [-0.2, 0) is 15.4 Å². The highest BCUT2D eigenvalue weighted by Crippen LogP contribution is 2.25. The molecule has 0 aliphatic heterocycles. The number of halogens is 2. The monoisotopic (exact) mass is 402 g/mol. The summed E-state index contributed by atoms with van der Waals surface area (Å²) < 4.78 is 27.5. The lowest BCUT2D eigenvalue weighted by Crippen LogP contribution is -2.15. The van der Waals surface area contributed by atoms with E-state index >= 15 is 0 Å². The number of rotatable bonds is 3. The first-order valence-corrected chi connectivity index (χ1v) is 9.20. The number of hydrogen-bond donors (Lipinski definition) is 1. The molecule has 0 fully saturated rings. The summed E-state index contributed by atoms with van der Waals surface area (Å²) in [5.41, 5.74) is 1.04. The molecule has 0 aliphatic carbocycles. The van der Waals surface area contributed by atoms with Gasteiger partial charge in [0.1, 0.15) is 10.4 Å². The van der Waals surface area contributed by atoms with E-state index in [4.69, 9.17) is 11.6 Å². The van der Waals surface area contributed by atoms with Gasteiger partial charge in [-0.15, -0.1) is 0 Å². The summed E-state index contributed by atoms with van der Waals surface area (Å²) in [5, 5.41) is 0.414. The van der Waals surface area contributed by atoms with Crippen LogP contribution in [0.3, 0.4) is 0 Å². The van der Waals surface area contributed by atoms with Crippen LogP contribution in [0.5, 0.6) is 0 Å². The van der Waals surface area contributed by atoms with E-state index in [-0.39, 0.29) is 16.1 Å². The summed E-state index contributed by atoms with van der Waals surface area (Å²) in [6.45, 7) is 6.22. The zero-order valence-corrected chi connectivity index (χ0v) is 15.6. The van der Waals surface area contributed by atoms with Crippen LogP contribution in [0.1, 0.15) is 26.3 Å². The van der Waals surface area contributed by atoms with Gasteiger partial charge in [0.05, 0.1) is 9.92 Å². The third-order valence-electron chi connectivity index (χ3n) is 3.07. The van der Waals surface area contributed by atoms with E-state index in [0.29, 0.717) is 9.63 Å². The van der Waals surface area contributed by atoms with E-state index in [1.165, 1.54) is 6.07 Å². The minimum atomic E-state index is -3.68. The zero-order chi connectivity index (χ0) is 16.5. The number of hydrogen-bond acceptors (Lipinski definition) is 3. The average molecular weight is 404 g/mol. The van der Waals surface area contributed by atoms with Crippen molar-refractivity contribution in [3.8, 4) is 0 Å². The number of sulfonamides is 1. The van der Waals surface area contributed by atoms with E-state index in [2.05, 4.69) is 46.4 Å². The van der Waals surface area contributed by atoms with Crippen molar-refractivity contribution in [2.75, 3.05) is 4.72 Å². The Morgan fingerprint density at radius 1 is 1.09 bits per heavy atom. The van der Waals surface area contributed by atoms with Gasteiger partial charge in [0, 0.05) is 0 Å². The molecular weight excluding hydrogens is 388 g/mol. The first-order chi connectivity index (χ1) is 10.1. The number of pyridine rings is 1. The van der Waals surface area contributed by atoms with Crippen molar-refractivity contribution in [1.29, 1.82) is 0 Å². The first kappa shape index (κ1) is 17.2. The lowest BCUT2D eigenvalue weighted by atomic mass is 9.87. The molecule has 0 radical (unpaired) electrons. The topological polar surface area (TPSA) is 59.1 Å². The summed E-state index contributed by atoms with van der Waals surface area (Å²) >= 11 is 9.01. The molecule has 0 amide bonds. The normalized spacial score (nSPS) is 12.2. The Labute approximate surface area is 144 Å². The van der Waals surface area contributed by atoms with Gasteiger partial charge < -0.3 is 0 Å². The molecule has 0 spiro atoms. The van der Waals surface area contributed by atoms with Crippen LogP contribution >= 0.6 is 27.5 Å². The van der Waals surface area contributed by atoms with Crippen molar-refractivity contribution in [1.82, 2.24) is 4.98 Å². The van der Waals surface area contributed by atoms with Crippen LogP contribution in [-0.4, -0.2) is 13.4 Å². The lowest BCUT2D eigenvalue weighted by molar-refractivity contribution is 0.587. The Kier molecular flexibility index (Phi) is 4.84. The smallest absolute Gasteiger partial charge is 0.263 e. The molecule has 1 N–H and O–H groups in total. The van der Waals surface area contributed by atoms with Gasteiger partial charge in [-0.25, -0.2) is 13.4 Å². The highest BCUT2D eigenvalue weighted by molar-refractivity contribution is 9.10. The fourth-order valence-electron chi connectivity index (χ4n) is 1.80. The maximum atomic E-state index is 12.4. The molecule has 0 saturated heterocycles. The second-order valence-electron chi connectivity index (χ2n) is 5.85. The van der Waals surface area contributed by atoms with Crippen molar-refractivity contribution in [3.63, 3.8) is 0 Å². The van der Waals surface area contributed by atoms with Crippen molar-refractivity contribution in [3.05, 3.63) is 51.6 Å². The van der Waals surface area contributed by atoms with Crippen LogP contribution in [0, 0.1) is 0 Å². The van der Waals surface area contributed by atoms with Crippen LogP contribution in [0.4, 0.5) is 5.82 Å². The molecule has 2 aromatic rings.